The maximum atomic E-state index is 13.3. The van der Waals surface area contributed by atoms with Crippen LogP contribution < -0.4 is 10.1 Å². The molecule has 1 aromatic heterocycles. The molecule has 1 fully saturated rings. The van der Waals surface area contributed by atoms with Gasteiger partial charge in [-0.05, 0) is 38.0 Å². The predicted molar refractivity (Wildman–Crippen MR) is 136 cm³/mol. The summed E-state index contributed by atoms with van der Waals surface area (Å²) in [4.78, 5) is 31.2. The fourth-order valence-electron chi connectivity index (χ4n) is 4.35. The van der Waals surface area contributed by atoms with Crippen LogP contribution in [0.5, 0.6) is 5.75 Å². The fraction of sp³-hybridized carbons (Fsp3) is 0.560. The van der Waals surface area contributed by atoms with E-state index in [2.05, 4.69) is 10.3 Å². The average molecular weight is 534 g/mol. The van der Waals surface area contributed by atoms with E-state index < -0.39 is 22.2 Å². The Bertz CT molecular complexity index is 1260. The number of sulfonamides is 1. The number of aliphatic hydroxyl groups is 1. The lowest BCUT2D eigenvalue weighted by Gasteiger charge is -2.33. The Morgan fingerprint density at radius 2 is 2.08 bits per heavy atom. The minimum Gasteiger partial charge on any atom is -0.488 e. The third-order valence-corrected chi connectivity index (χ3v) is 8.63. The van der Waals surface area contributed by atoms with Crippen molar-refractivity contribution < 1.29 is 27.9 Å². The number of aliphatic hydroxyl groups excluding tert-OH is 1. The molecule has 2 amide bonds. The van der Waals surface area contributed by atoms with Crippen molar-refractivity contribution >= 4 is 27.5 Å². The lowest BCUT2D eigenvalue weighted by Crippen LogP contribution is -2.48. The van der Waals surface area contributed by atoms with Crippen molar-refractivity contribution in [2.75, 3.05) is 32.1 Å². The molecule has 0 radical (unpaired) electrons. The van der Waals surface area contributed by atoms with Crippen LogP contribution in [-0.4, -0.2) is 83.0 Å². The number of hydrogen-bond donors (Lipinski definition) is 2. The lowest BCUT2D eigenvalue weighted by molar-refractivity contribution is -0.134. The number of anilines is 1. The van der Waals surface area contributed by atoms with E-state index in [1.54, 1.807) is 41.6 Å². The number of carbonyl (C=O) groups excluding carboxylic acids is 2. The molecule has 0 spiro atoms. The van der Waals surface area contributed by atoms with E-state index in [-0.39, 0.29) is 54.8 Å². The maximum absolute atomic E-state index is 13.3. The van der Waals surface area contributed by atoms with Crippen LogP contribution in [0.4, 0.5) is 5.69 Å². The van der Waals surface area contributed by atoms with Crippen LogP contribution in [0.25, 0.3) is 0 Å². The molecule has 2 heterocycles. The predicted octanol–water partition coefficient (Wildman–Crippen LogP) is 1.24. The quantitative estimate of drug-likeness (QED) is 0.521. The highest BCUT2D eigenvalue weighted by Crippen LogP contribution is 2.32. The molecule has 0 saturated heterocycles. The Kier molecular flexibility index (Phi) is 7.91. The summed E-state index contributed by atoms with van der Waals surface area (Å²) < 4.78 is 35.4. The zero-order valence-corrected chi connectivity index (χ0v) is 22.4. The number of imidazole rings is 1. The molecular weight excluding hydrogens is 498 g/mol. The van der Waals surface area contributed by atoms with Crippen LogP contribution in [-0.2, 0) is 33.1 Å². The lowest BCUT2D eigenvalue weighted by atomic mass is 10.0. The standard InChI is InChI=1S/C25H35N5O6S/c1-16-11-30(17(2)14-31)24(32)10-19-9-20(27-25(33)18-5-6-18)7-8-21(19)36-22(16)12-29(4)37(34,35)23-13-28(3)15-26-23/h7-9,13,15-18,22,31H,5-6,10-12,14H2,1-4H3,(H,27,33)/t16-,17+,22-/m0/s1. The molecule has 12 heteroatoms. The minimum atomic E-state index is -3.86. The normalized spacial score (nSPS) is 21.5. The second-order valence-corrected chi connectivity index (χ2v) is 12.1. The fourth-order valence-corrected chi connectivity index (χ4v) is 5.49. The van der Waals surface area contributed by atoms with Gasteiger partial charge in [0.1, 0.15) is 11.9 Å². The molecule has 202 valence electrons. The zero-order valence-electron chi connectivity index (χ0n) is 21.6. The highest BCUT2D eigenvalue weighted by atomic mass is 32.2. The molecule has 0 unspecified atom stereocenters. The van der Waals surface area contributed by atoms with E-state index in [0.29, 0.717) is 17.0 Å². The third-order valence-electron chi connectivity index (χ3n) is 6.93. The molecule has 11 nitrogen and oxygen atoms in total. The summed E-state index contributed by atoms with van der Waals surface area (Å²) in [5.41, 5.74) is 1.16. The third kappa shape index (κ3) is 6.13. The molecule has 2 aromatic rings. The van der Waals surface area contributed by atoms with E-state index in [1.165, 1.54) is 23.9 Å². The summed E-state index contributed by atoms with van der Waals surface area (Å²) in [5.74, 6) is -0.000217. The van der Waals surface area contributed by atoms with Crippen LogP contribution in [0.15, 0.2) is 35.7 Å². The van der Waals surface area contributed by atoms with Crippen LogP contribution >= 0.6 is 0 Å². The molecular formula is C25H35N5O6S. The van der Waals surface area contributed by atoms with Gasteiger partial charge in [-0.15, -0.1) is 0 Å². The number of benzene rings is 1. The first-order chi connectivity index (χ1) is 17.5. The Morgan fingerprint density at radius 1 is 1.35 bits per heavy atom. The number of fused-ring (bicyclic) bond motifs is 1. The molecule has 2 aliphatic rings. The molecule has 4 rings (SSSR count). The summed E-state index contributed by atoms with van der Waals surface area (Å²) >= 11 is 0. The van der Waals surface area contributed by atoms with Crippen molar-refractivity contribution in [1.29, 1.82) is 0 Å². The van der Waals surface area contributed by atoms with Crippen molar-refractivity contribution in [3.05, 3.63) is 36.3 Å². The first-order valence-electron chi connectivity index (χ1n) is 12.4. The van der Waals surface area contributed by atoms with Gasteiger partial charge >= 0.3 is 0 Å². The van der Waals surface area contributed by atoms with Crippen molar-refractivity contribution in [2.45, 2.75) is 50.3 Å². The Labute approximate surface area is 217 Å². The van der Waals surface area contributed by atoms with Gasteiger partial charge < -0.3 is 24.6 Å². The summed E-state index contributed by atoms with van der Waals surface area (Å²) in [6, 6.07) is 4.75. The van der Waals surface area contributed by atoms with Gasteiger partial charge in [-0.1, -0.05) is 6.92 Å². The van der Waals surface area contributed by atoms with Gasteiger partial charge in [-0.25, -0.2) is 13.4 Å². The van der Waals surface area contributed by atoms with Crippen molar-refractivity contribution in [2.24, 2.45) is 18.9 Å². The van der Waals surface area contributed by atoms with E-state index in [9.17, 15) is 23.1 Å². The SMILES string of the molecule is C[C@H](CO)N1C[C@H](C)[C@H](CN(C)S(=O)(=O)c2cn(C)cn2)Oc2ccc(NC(=O)C3CC3)cc2CC1=O. The molecule has 1 aromatic carbocycles. The smallest absolute Gasteiger partial charge is 0.261 e. The maximum Gasteiger partial charge on any atom is 0.261 e. The van der Waals surface area contributed by atoms with Gasteiger partial charge in [0.2, 0.25) is 11.8 Å². The number of amides is 2. The molecule has 1 aliphatic heterocycles. The van der Waals surface area contributed by atoms with E-state index in [0.717, 1.165) is 12.8 Å². The molecule has 1 aliphatic carbocycles. The van der Waals surface area contributed by atoms with Gasteiger partial charge in [0, 0.05) is 49.9 Å². The highest BCUT2D eigenvalue weighted by Gasteiger charge is 2.34. The molecule has 2 N–H and O–H groups in total. The van der Waals surface area contributed by atoms with Gasteiger partial charge in [0.05, 0.1) is 31.9 Å². The second-order valence-electron chi connectivity index (χ2n) is 10.1. The van der Waals surface area contributed by atoms with Crippen molar-refractivity contribution in [1.82, 2.24) is 18.8 Å². The summed E-state index contributed by atoms with van der Waals surface area (Å²) in [6.07, 6.45) is 4.04. The Morgan fingerprint density at radius 3 is 2.70 bits per heavy atom. The van der Waals surface area contributed by atoms with E-state index in [1.807, 2.05) is 6.92 Å². The largest absolute Gasteiger partial charge is 0.488 e. The first kappa shape index (κ1) is 27.1. The number of rotatable bonds is 8. The Hall–Kier alpha value is -2.96. The number of likely N-dealkylation sites (N-methyl/N-ethyl adjacent to an activating group) is 1. The number of aryl methyl sites for hydroxylation is 1. The van der Waals surface area contributed by atoms with Crippen LogP contribution in [0.3, 0.4) is 0 Å². The molecule has 0 bridgehead atoms. The van der Waals surface area contributed by atoms with Crippen LogP contribution in [0, 0.1) is 11.8 Å². The van der Waals surface area contributed by atoms with Gasteiger partial charge in [0.15, 0.2) is 5.03 Å². The number of carbonyl (C=O) groups is 2. The monoisotopic (exact) mass is 533 g/mol. The number of nitrogens with zero attached hydrogens (tertiary/aromatic N) is 4. The second kappa shape index (κ2) is 10.8. The van der Waals surface area contributed by atoms with Gasteiger partial charge in [0.25, 0.3) is 10.0 Å². The Balaban J connectivity index is 1.64. The first-order valence-corrected chi connectivity index (χ1v) is 13.9. The highest BCUT2D eigenvalue weighted by molar-refractivity contribution is 7.89. The number of hydrogen-bond acceptors (Lipinski definition) is 7. The summed E-state index contributed by atoms with van der Waals surface area (Å²) in [6.45, 7) is 3.76. The van der Waals surface area contributed by atoms with E-state index >= 15 is 0 Å². The topological polar surface area (TPSA) is 134 Å². The molecule has 3 atom stereocenters. The van der Waals surface area contributed by atoms with Crippen LogP contribution in [0.2, 0.25) is 0 Å². The molecule has 1 saturated carbocycles. The summed E-state index contributed by atoms with van der Waals surface area (Å²) in [7, 11) is -0.691. The van der Waals surface area contributed by atoms with Crippen molar-refractivity contribution in [3.63, 3.8) is 0 Å². The molecule has 37 heavy (non-hydrogen) atoms. The number of nitrogens with one attached hydrogen (secondary N) is 1. The summed E-state index contributed by atoms with van der Waals surface area (Å²) in [5, 5.41) is 12.6. The number of ether oxygens (including phenoxy) is 1. The minimum absolute atomic E-state index is 0.0221. The van der Waals surface area contributed by atoms with Crippen molar-refractivity contribution in [3.8, 4) is 5.75 Å². The average Bonchev–Trinajstić information content (AvgIpc) is 3.61. The van der Waals surface area contributed by atoms with Gasteiger partial charge in [-0.3, -0.25) is 9.59 Å². The zero-order chi connectivity index (χ0) is 26.9. The number of aromatic nitrogens is 2. The van der Waals surface area contributed by atoms with Crippen LogP contribution in [0.1, 0.15) is 32.3 Å². The van der Waals surface area contributed by atoms with Gasteiger partial charge in [-0.2, -0.15) is 4.31 Å². The van der Waals surface area contributed by atoms with E-state index in [4.69, 9.17) is 4.74 Å².